The molecule has 0 saturated carbocycles. The number of nitrogens with zero attached hydrogens (tertiary/aromatic N) is 1. The number of amides is 1. The molecule has 0 radical (unpaired) electrons. The minimum absolute atomic E-state index is 0.193. The first-order valence-electron chi connectivity index (χ1n) is 6.64. The predicted molar refractivity (Wildman–Crippen MR) is 74.7 cm³/mol. The van der Waals surface area contributed by atoms with Crippen molar-refractivity contribution in [1.82, 2.24) is 4.98 Å². The van der Waals surface area contributed by atoms with Gasteiger partial charge in [-0.05, 0) is 31.2 Å². The van der Waals surface area contributed by atoms with Crippen molar-refractivity contribution in [2.24, 2.45) is 0 Å². The van der Waals surface area contributed by atoms with Crippen molar-refractivity contribution in [3.63, 3.8) is 0 Å². The second-order valence-electron chi connectivity index (χ2n) is 4.72. The zero-order valence-corrected chi connectivity index (χ0v) is 12.2. The highest BCUT2D eigenvalue weighted by atomic mass is 19.4. The van der Waals surface area contributed by atoms with Gasteiger partial charge in [0.05, 0.1) is 5.69 Å². The van der Waals surface area contributed by atoms with Crippen LogP contribution in [-0.4, -0.2) is 23.2 Å². The number of halogens is 5. The zero-order chi connectivity index (χ0) is 17.9. The Morgan fingerprint density at radius 2 is 1.83 bits per heavy atom. The van der Waals surface area contributed by atoms with Crippen LogP contribution in [0.3, 0.4) is 0 Å². The van der Waals surface area contributed by atoms with E-state index in [0.717, 1.165) is 18.2 Å². The Balaban J connectivity index is 2.29. The lowest BCUT2D eigenvalue weighted by Gasteiger charge is -2.18. The quantitative estimate of drug-likeness (QED) is 0.674. The van der Waals surface area contributed by atoms with Crippen LogP contribution in [0.2, 0.25) is 0 Å². The number of pyridine rings is 1. The second kappa shape index (κ2) is 6.81. The van der Waals surface area contributed by atoms with E-state index in [1.807, 2.05) is 0 Å². The van der Waals surface area contributed by atoms with Crippen molar-refractivity contribution in [2.75, 3.05) is 5.32 Å². The molecule has 1 amide bonds. The number of carbonyl (C=O) groups is 1. The van der Waals surface area contributed by atoms with Gasteiger partial charge in [0, 0.05) is 0 Å². The Bertz CT molecular complexity index is 749. The van der Waals surface area contributed by atoms with Crippen LogP contribution in [-0.2, 0) is 0 Å². The molecule has 0 bridgehead atoms. The summed E-state index contributed by atoms with van der Waals surface area (Å²) in [6, 6.07) is 6.86. The summed E-state index contributed by atoms with van der Waals surface area (Å²) in [5.41, 5.74) is -0.655. The minimum Gasteiger partial charge on any atom is -0.464 e. The molecule has 1 atom stereocenters. The number of aromatic nitrogens is 1. The van der Waals surface area contributed by atoms with Crippen molar-refractivity contribution >= 4 is 11.6 Å². The summed E-state index contributed by atoms with van der Waals surface area (Å²) in [6.45, 7) is 0.686. The average molecular weight is 346 g/mol. The maximum atomic E-state index is 13.5. The van der Waals surface area contributed by atoms with Gasteiger partial charge in [-0.2, -0.15) is 22.5 Å². The Morgan fingerprint density at radius 1 is 1.17 bits per heavy atom. The average Bonchev–Trinajstić information content (AvgIpc) is 2.48. The lowest BCUT2D eigenvalue weighted by atomic mass is 10.2. The molecule has 4 nitrogen and oxygen atoms in total. The van der Waals surface area contributed by atoms with Gasteiger partial charge in [0.15, 0.2) is 6.10 Å². The highest BCUT2D eigenvalue weighted by molar-refractivity contribution is 6.05. The molecule has 1 unspecified atom stereocenters. The van der Waals surface area contributed by atoms with Crippen LogP contribution in [0.1, 0.15) is 17.3 Å². The molecule has 0 aliphatic carbocycles. The van der Waals surface area contributed by atoms with Gasteiger partial charge in [0.2, 0.25) is 11.8 Å². The van der Waals surface area contributed by atoms with Gasteiger partial charge in [0.25, 0.3) is 5.91 Å². The Morgan fingerprint density at radius 3 is 2.46 bits per heavy atom. The molecule has 1 N–H and O–H groups in total. The maximum Gasteiger partial charge on any atom is 0.425 e. The summed E-state index contributed by atoms with van der Waals surface area (Å²) in [5.74, 6) is -3.69. The van der Waals surface area contributed by atoms with E-state index in [4.69, 9.17) is 0 Å². The third-order valence-corrected chi connectivity index (χ3v) is 2.94. The summed E-state index contributed by atoms with van der Waals surface area (Å²) >= 11 is 0. The zero-order valence-electron chi connectivity index (χ0n) is 12.2. The molecule has 0 fully saturated rings. The smallest absolute Gasteiger partial charge is 0.425 e. The summed E-state index contributed by atoms with van der Waals surface area (Å²) in [4.78, 5) is 15.3. The highest BCUT2D eigenvalue weighted by Gasteiger charge is 2.39. The van der Waals surface area contributed by atoms with Crippen molar-refractivity contribution in [3.8, 4) is 5.88 Å². The van der Waals surface area contributed by atoms with E-state index in [2.05, 4.69) is 15.0 Å². The van der Waals surface area contributed by atoms with E-state index in [0.29, 0.717) is 6.92 Å². The summed E-state index contributed by atoms with van der Waals surface area (Å²) in [6.07, 6.45) is -7.04. The van der Waals surface area contributed by atoms with E-state index in [1.54, 1.807) is 0 Å². The molecule has 0 aliphatic rings. The fraction of sp³-hybridized carbons (Fsp3) is 0.200. The SMILES string of the molecule is CC(Oc1nc(F)ccc1C(=O)Nc1ccccc1F)C(F)(F)F. The van der Waals surface area contributed by atoms with Gasteiger partial charge in [-0.1, -0.05) is 12.1 Å². The molecule has 1 heterocycles. The Hall–Kier alpha value is -2.71. The molecule has 0 spiro atoms. The fourth-order valence-corrected chi connectivity index (χ4v) is 1.67. The van der Waals surface area contributed by atoms with Crippen LogP contribution in [0.5, 0.6) is 5.88 Å². The molecule has 128 valence electrons. The molecule has 2 rings (SSSR count). The third kappa shape index (κ3) is 4.18. The standard InChI is InChI=1S/C15H11F5N2O2/c1-8(15(18,19)20)24-14-9(6-7-12(17)22-14)13(23)21-11-5-3-2-4-10(11)16/h2-8H,1H3,(H,21,23). The van der Waals surface area contributed by atoms with Gasteiger partial charge in [-0.3, -0.25) is 4.79 Å². The van der Waals surface area contributed by atoms with Crippen molar-refractivity contribution in [3.05, 3.63) is 53.7 Å². The van der Waals surface area contributed by atoms with Crippen LogP contribution in [0.15, 0.2) is 36.4 Å². The number of alkyl halides is 3. The minimum atomic E-state index is -4.73. The summed E-state index contributed by atoms with van der Waals surface area (Å²) in [7, 11) is 0. The van der Waals surface area contributed by atoms with Gasteiger partial charge in [-0.15, -0.1) is 0 Å². The molecule has 0 saturated heterocycles. The van der Waals surface area contributed by atoms with Gasteiger partial charge < -0.3 is 10.1 Å². The number of nitrogens with one attached hydrogen (secondary N) is 1. The van der Waals surface area contributed by atoms with E-state index in [-0.39, 0.29) is 5.69 Å². The highest BCUT2D eigenvalue weighted by Crippen LogP contribution is 2.26. The van der Waals surface area contributed by atoms with Gasteiger partial charge in [-0.25, -0.2) is 4.39 Å². The second-order valence-corrected chi connectivity index (χ2v) is 4.72. The lowest BCUT2D eigenvalue weighted by molar-refractivity contribution is -0.190. The number of carbonyl (C=O) groups excluding carboxylic acids is 1. The molecule has 9 heteroatoms. The molecule has 0 aliphatic heterocycles. The number of rotatable bonds is 4. The van der Waals surface area contributed by atoms with Crippen LogP contribution in [0.25, 0.3) is 0 Å². The van der Waals surface area contributed by atoms with Crippen LogP contribution >= 0.6 is 0 Å². The Kier molecular flexibility index (Phi) is 5.01. The van der Waals surface area contributed by atoms with Crippen molar-refractivity contribution < 1.29 is 31.5 Å². The topological polar surface area (TPSA) is 51.2 Å². The van der Waals surface area contributed by atoms with E-state index >= 15 is 0 Å². The first kappa shape index (κ1) is 17.6. The molecular weight excluding hydrogens is 335 g/mol. The first-order valence-corrected chi connectivity index (χ1v) is 6.64. The van der Waals surface area contributed by atoms with Crippen LogP contribution < -0.4 is 10.1 Å². The maximum absolute atomic E-state index is 13.5. The molecular formula is C15H11F5N2O2. The van der Waals surface area contributed by atoms with Crippen LogP contribution in [0.4, 0.5) is 27.6 Å². The number of hydrogen-bond donors (Lipinski definition) is 1. The largest absolute Gasteiger partial charge is 0.464 e. The number of para-hydroxylation sites is 1. The number of hydrogen-bond acceptors (Lipinski definition) is 3. The normalized spacial score (nSPS) is 12.6. The van der Waals surface area contributed by atoms with Gasteiger partial charge in [0.1, 0.15) is 11.4 Å². The van der Waals surface area contributed by atoms with Crippen molar-refractivity contribution in [2.45, 2.75) is 19.2 Å². The van der Waals surface area contributed by atoms with E-state index in [9.17, 15) is 26.7 Å². The summed E-state index contributed by atoms with van der Waals surface area (Å²) in [5, 5.41) is 2.16. The Labute approximate surface area is 133 Å². The lowest BCUT2D eigenvalue weighted by Crippen LogP contribution is -2.32. The monoisotopic (exact) mass is 346 g/mol. The number of ether oxygens (including phenoxy) is 1. The predicted octanol–water partition coefficient (Wildman–Crippen LogP) is 3.94. The third-order valence-electron chi connectivity index (χ3n) is 2.94. The molecule has 1 aromatic heterocycles. The van der Waals surface area contributed by atoms with E-state index in [1.165, 1.54) is 18.2 Å². The first-order chi connectivity index (χ1) is 11.2. The van der Waals surface area contributed by atoms with E-state index < -0.39 is 41.4 Å². The van der Waals surface area contributed by atoms with Crippen molar-refractivity contribution in [1.29, 1.82) is 0 Å². The molecule has 24 heavy (non-hydrogen) atoms. The summed E-state index contributed by atoms with van der Waals surface area (Å²) < 4.78 is 69.0. The number of anilines is 1. The molecule has 1 aromatic carbocycles. The van der Waals surface area contributed by atoms with Gasteiger partial charge >= 0.3 is 6.18 Å². The number of benzene rings is 1. The van der Waals surface area contributed by atoms with Crippen LogP contribution in [0, 0.1) is 11.8 Å². The molecule has 2 aromatic rings. The fourth-order valence-electron chi connectivity index (χ4n) is 1.67.